The van der Waals surface area contributed by atoms with E-state index in [-0.39, 0.29) is 11.9 Å². The summed E-state index contributed by atoms with van der Waals surface area (Å²) in [5, 5.41) is 12.2. The van der Waals surface area contributed by atoms with E-state index in [1.807, 2.05) is 25.1 Å². The summed E-state index contributed by atoms with van der Waals surface area (Å²) < 4.78 is 13.7. The summed E-state index contributed by atoms with van der Waals surface area (Å²) in [4.78, 5) is 0. The van der Waals surface area contributed by atoms with Crippen molar-refractivity contribution in [1.82, 2.24) is 5.32 Å². The Balaban J connectivity index is 2.09. The minimum absolute atomic E-state index is 0.126. The van der Waals surface area contributed by atoms with Gasteiger partial charge >= 0.3 is 0 Å². The Kier molecular flexibility index (Phi) is 4.49. The van der Waals surface area contributed by atoms with E-state index in [9.17, 15) is 4.39 Å². The average molecular weight is 268 g/mol. The molecule has 0 amide bonds. The third-order valence-electron chi connectivity index (χ3n) is 3.43. The SMILES string of the molecule is Cc1ccccc1[C@H](C)NCc1cc(C#N)ccc1F. The topological polar surface area (TPSA) is 35.8 Å². The molecule has 0 heterocycles. The second-order valence-corrected chi connectivity index (χ2v) is 4.88. The fourth-order valence-corrected chi connectivity index (χ4v) is 2.23. The fraction of sp³-hybridized carbons (Fsp3) is 0.235. The number of benzene rings is 2. The second kappa shape index (κ2) is 6.31. The summed E-state index contributed by atoms with van der Waals surface area (Å²) in [5.41, 5.74) is 3.40. The first-order valence-corrected chi connectivity index (χ1v) is 6.59. The lowest BCUT2D eigenvalue weighted by molar-refractivity contribution is 0.542. The van der Waals surface area contributed by atoms with E-state index in [0.29, 0.717) is 17.7 Å². The lowest BCUT2D eigenvalue weighted by Gasteiger charge is -2.17. The molecule has 2 nitrogen and oxygen atoms in total. The zero-order valence-corrected chi connectivity index (χ0v) is 11.7. The Morgan fingerprint density at radius 2 is 2.00 bits per heavy atom. The highest BCUT2D eigenvalue weighted by atomic mass is 19.1. The van der Waals surface area contributed by atoms with Gasteiger partial charge in [0.2, 0.25) is 0 Å². The summed E-state index contributed by atoms with van der Waals surface area (Å²) in [6.07, 6.45) is 0. The van der Waals surface area contributed by atoms with Gasteiger partial charge in [0, 0.05) is 18.2 Å². The Morgan fingerprint density at radius 3 is 2.70 bits per heavy atom. The van der Waals surface area contributed by atoms with Crippen molar-refractivity contribution in [3.05, 3.63) is 70.5 Å². The number of nitrogens with one attached hydrogen (secondary N) is 1. The van der Waals surface area contributed by atoms with E-state index < -0.39 is 0 Å². The molecule has 1 atom stereocenters. The molecule has 2 rings (SSSR count). The maximum Gasteiger partial charge on any atom is 0.127 e. The summed E-state index contributed by atoms with van der Waals surface area (Å²) in [6, 6.07) is 14.7. The van der Waals surface area contributed by atoms with Crippen LogP contribution >= 0.6 is 0 Å². The molecule has 1 N–H and O–H groups in total. The van der Waals surface area contributed by atoms with Gasteiger partial charge < -0.3 is 5.32 Å². The minimum atomic E-state index is -0.284. The molecule has 0 bridgehead atoms. The molecule has 2 aromatic carbocycles. The van der Waals surface area contributed by atoms with Crippen molar-refractivity contribution >= 4 is 0 Å². The molecule has 0 aliphatic rings. The van der Waals surface area contributed by atoms with E-state index in [1.165, 1.54) is 23.3 Å². The first-order chi connectivity index (χ1) is 9.61. The lowest BCUT2D eigenvalue weighted by Crippen LogP contribution is -2.19. The van der Waals surface area contributed by atoms with Crippen molar-refractivity contribution in [2.24, 2.45) is 0 Å². The van der Waals surface area contributed by atoms with Crippen molar-refractivity contribution in [3.63, 3.8) is 0 Å². The van der Waals surface area contributed by atoms with Gasteiger partial charge in [0.1, 0.15) is 5.82 Å². The maximum atomic E-state index is 13.7. The highest BCUT2D eigenvalue weighted by Gasteiger charge is 2.09. The third kappa shape index (κ3) is 3.23. The Hall–Kier alpha value is -2.18. The molecule has 0 aliphatic carbocycles. The van der Waals surface area contributed by atoms with Crippen LogP contribution in [0.1, 0.15) is 35.2 Å². The molecular formula is C17H17FN2. The number of halogens is 1. The van der Waals surface area contributed by atoms with E-state index in [2.05, 4.69) is 24.4 Å². The third-order valence-corrected chi connectivity index (χ3v) is 3.43. The Labute approximate surface area is 118 Å². The van der Waals surface area contributed by atoms with Crippen LogP contribution in [0.25, 0.3) is 0 Å². The van der Waals surface area contributed by atoms with Crippen LogP contribution in [0.5, 0.6) is 0 Å². The number of nitriles is 1. The predicted octanol–water partition coefficient (Wildman–Crippen LogP) is 3.86. The van der Waals surface area contributed by atoms with Gasteiger partial charge in [0.15, 0.2) is 0 Å². The Bertz CT molecular complexity index is 644. The van der Waals surface area contributed by atoms with Gasteiger partial charge in [-0.15, -0.1) is 0 Å². The van der Waals surface area contributed by atoms with Gasteiger partial charge in [-0.3, -0.25) is 0 Å². The van der Waals surface area contributed by atoms with Crippen LogP contribution in [0.2, 0.25) is 0 Å². The van der Waals surface area contributed by atoms with Crippen molar-refractivity contribution in [1.29, 1.82) is 5.26 Å². The molecule has 3 heteroatoms. The van der Waals surface area contributed by atoms with Crippen molar-refractivity contribution in [3.8, 4) is 6.07 Å². The zero-order chi connectivity index (χ0) is 14.5. The quantitative estimate of drug-likeness (QED) is 0.914. The highest BCUT2D eigenvalue weighted by molar-refractivity contribution is 5.34. The number of hydrogen-bond acceptors (Lipinski definition) is 2. The average Bonchev–Trinajstić information content (AvgIpc) is 2.46. The van der Waals surface area contributed by atoms with Crippen LogP contribution in [0.15, 0.2) is 42.5 Å². The van der Waals surface area contributed by atoms with Gasteiger partial charge in [-0.1, -0.05) is 24.3 Å². The van der Waals surface area contributed by atoms with Gasteiger partial charge in [0.25, 0.3) is 0 Å². The van der Waals surface area contributed by atoms with Crippen LogP contribution in [0.3, 0.4) is 0 Å². The molecule has 20 heavy (non-hydrogen) atoms. The number of hydrogen-bond donors (Lipinski definition) is 1. The van der Waals surface area contributed by atoms with Crippen LogP contribution < -0.4 is 5.32 Å². The fourth-order valence-electron chi connectivity index (χ4n) is 2.23. The van der Waals surface area contributed by atoms with E-state index in [0.717, 1.165) is 0 Å². The number of rotatable bonds is 4. The second-order valence-electron chi connectivity index (χ2n) is 4.88. The summed E-state index contributed by atoms with van der Waals surface area (Å²) in [6.45, 7) is 4.51. The molecule has 0 fully saturated rings. The van der Waals surface area contributed by atoms with E-state index in [1.54, 1.807) is 6.07 Å². The molecule has 2 aromatic rings. The summed E-state index contributed by atoms with van der Waals surface area (Å²) in [5.74, 6) is -0.284. The van der Waals surface area contributed by atoms with Gasteiger partial charge in [-0.2, -0.15) is 5.26 Å². The van der Waals surface area contributed by atoms with Gasteiger partial charge in [-0.05, 0) is 43.2 Å². The van der Waals surface area contributed by atoms with Crippen LogP contribution in [0, 0.1) is 24.1 Å². The number of aryl methyl sites for hydroxylation is 1. The van der Waals surface area contributed by atoms with E-state index in [4.69, 9.17) is 5.26 Å². The lowest BCUT2D eigenvalue weighted by atomic mass is 10.0. The summed E-state index contributed by atoms with van der Waals surface area (Å²) in [7, 11) is 0. The maximum absolute atomic E-state index is 13.7. The van der Waals surface area contributed by atoms with Crippen molar-refractivity contribution < 1.29 is 4.39 Å². The van der Waals surface area contributed by atoms with Crippen molar-refractivity contribution in [2.75, 3.05) is 0 Å². The summed E-state index contributed by atoms with van der Waals surface area (Å²) >= 11 is 0. The molecule has 0 radical (unpaired) electrons. The molecule has 0 saturated heterocycles. The monoisotopic (exact) mass is 268 g/mol. The first kappa shape index (κ1) is 14.2. The van der Waals surface area contributed by atoms with Crippen LogP contribution in [-0.2, 0) is 6.54 Å². The van der Waals surface area contributed by atoms with E-state index >= 15 is 0 Å². The van der Waals surface area contributed by atoms with Gasteiger partial charge in [0.05, 0.1) is 11.6 Å². The number of nitrogens with zero attached hydrogens (tertiary/aromatic N) is 1. The molecule has 0 saturated carbocycles. The Morgan fingerprint density at radius 1 is 1.25 bits per heavy atom. The standard InChI is InChI=1S/C17H17FN2/c1-12-5-3-4-6-16(12)13(2)20-11-15-9-14(10-19)7-8-17(15)18/h3-9,13,20H,11H2,1-2H3/t13-/m0/s1. The molecule has 0 spiro atoms. The first-order valence-electron chi connectivity index (χ1n) is 6.59. The highest BCUT2D eigenvalue weighted by Crippen LogP contribution is 2.18. The molecule has 0 aliphatic heterocycles. The normalized spacial score (nSPS) is 11.9. The largest absolute Gasteiger partial charge is 0.306 e. The van der Waals surface area contributed by atoms with Crippen LogP contribution in [-0.4, -0.2) is 0 Å². The molecule has 102 valence electrons. The molecule has 0 aromatic heterocycles. The molecular weight excluding hydrogens is 251 g/mol. The predicted molar refractivity (Wildman–Crippen MR) is 77.5 cm³/mol. The van der Waals surface area contributed by atoms with Gasteiger partial charge in [-0.25, -0.2) is 4.39 Å². The smallest absolute Gasteiger partial charge is 0.127 e. The molecule has 0 unspecified atom stereocenters. The minimum Gasteiger partial charge on any atom is -0.306 e. The zero-order valence-electron chi connectivity index (χ0n) is 11.7. The van der Waals surface area contributed by atoms with Crippen molar-refractivity contribution in [2.45, 2.75) is 26.4 Å². The van der Waals surface area contributed by atoms with Crippen LogP contribution in [0.4, 0.5) is 4.39 Å².